The highest BCUT2D eigenvalue weighted by molar-refractivity contribution is 5.98. The first-order valence-electron chi connectivity index (χ1n) is 5.58. The van der Waals surface area contributed by atoms with E-state index in [1.807, 2.05) is 39.0 Å². The fraction of sp³-hybridized carbons (Fsp3) is 0.429. The Balaban J connectivity index is 2.95. The monoisotopic (exact) mass is 215 g/mol. The SMILES string of the molecule is CCC(CC#N)C(=O)c1ccc(C)c(C)c1. The zero-order valence-corrected chi connectivity index (χ0v) is 10.1. The fourth-order valence-electron chi connectivity index (χ4n) is 1.66. The largest absolute Gasteiger partial charge is 0.294 e. The minimum Gasteiger partial charge on any atom is -0.294 e. The molecule has 1 unspecified atom stereocenters. The molecule has 0 amide bonds. The van der Waals surface area contributed by atoms with Gasteiger partial charge in [-0.15, -0.1) is 0 Å². The molecule has 1 aromatic rings. The lowest BCUT2D eigenvalue weighted by Crippen LogP contribution is -2.13. The standard InChI is InChI=1S/C14H17NO/c1-4-12(7-8-15)14(16)13-6-5-10(2)11(3)9-13/h5-6,9,12H,4,7H2,1-3H3. The average molecular weight is 215 g/mol. The normalized spacial score (nSPS) is 11.9. The third-order valence-corrected chi connectivity index (χ3v) is 2.99. The molecule has 0 saturated carbocycles. The molecular formula is C14H17NO. The van der Waals surface area contributed by atoms with Gasteiger partial charge >= 0.3 is 0 Å². The molecule has 2 heteroatoms. The second-order valence-corrected chi connectivity index (χ2v) is 4.13. The highest BCUT2D eigenvalue weighted by Crippen LogP contribution is 2.18. The van der Waals surface area contributed by atoms with E-state index in [2.05, 4.69) is 6.07 Å². The van der Waals surface area contributed by atoms with Gasteiger partial charge in [0, 0.05) is 17.9 Å². The third kappa shape index (κ3) is 2.70. The van der Waals surface area contributed by atoms with Gasteiger partial charge in [-0.2, -0.15) is 5.26 Å². The maximum Gasteiger partial charge on any atom is 0.166 e. The van der Waals surface area contributed by atoms with Crippen molar-refractivity contribution in [2.24, 2.45) is 5.92 Å². The highest BCUT2D eigenvalue weighted by atomic mass is 16.1. The van der Waals surface area contributed by atoms with E-state index < -0.39 is 0 Å². The van der Waals surface area contributed by atoms with Crippen molar-refractivity contribution < 1.29 is 4.79 Å². The number of aryl methyl sites for hydroxylation is 2. The second-order valence-electron chi connectivity index (χ2n) is 4.13. The number of hydrogen-bond donors (Lipinski definition) is 0. The molecule has 0 spiro atoms. The van der Waals surface area contributed by atoms with Crippen LogP contribution in [0.3, 0.4) is 0 Å². The summed E-state index contributed by atoms with van der Waals surface area (Å²) in [6.07, 6.45) is 1.03. The summed E-state index contributed by atoms with van der Waals surface area (Å²) in [6.45, 7) is 5.97. The average Bonchev–Trinajstić information content (AvgIpc) is 2.28. The molecule has 1 aromatic carbocycles. The van der Waals surface area contributed by atoms with Crippen molar-refractivity contribution in [1.29, 1.82) is 5.26 Å². The number of nitrogens with zero attached hydrogens (tertiary/aromatic N) is 1. The maximum absolute atomic E-state index is 12.1. The van der Waals surface area contributed by atoms with Gasteiger partial charge in [-0.25, -0.2) is 0 Å². The van der Waals surface area contributed by atoms with Crippen LogP contribution in [0.15, 0.2) is 18.2 Å². The van der Waals surface area contributed by atoms with Gasteiger partial charge < -0.3 is 0 Å². The Hall–Kier alpha value is -1.62. The summed E-state index contributed by atoms with van der Waals surface area (Å²) < 4.78 is 0. The minimum atomic E-state index is -0.160. The molecule has 0 N–H and O–H groups in total. The summed E-state index contributed by atoms with van der Waals surface area (Å²) in [5.41, 5.74) is 3.03. The van der Waals surface area contributed by atoms with Crippen molar-refractivity contribution in [3.63, 3.8) is 0 Å². The van der Waals surface area contributed by atoms with Crippen molar-refractivity contribution in [3.8, 4) is 6.07 Å². The molecule has 0 aliphatic carbocycles. The lowest BCUT2D eigenvalue weighted by atomic mass is 9.91. The van der Waals surface area contributed by atoms with Crippen molar-refractivity contribution in [2.45, 2.75) is 33.6 Å². The lowest BCUT2D eigenvalue weighted by molar-refractivity contribution is 0.0918. The Labute approximate surface area is 96.9 Å². The van der Waals surface area contributed by atoms with Gasteiger partial charge in [0.05, 0.1) is 6.07 Å². The fourth-order valence-corrected chi connectivity index (χ4v) is 1.66. The Morgan fingerprint density at radius 2 is 2.06 bits per heavy atom. The number of ketones is 1. The summed E-state index contributed by atoms with van der Waals surface area (Å²) in [4.78, 5) is 12.1. The number of carbonyl (C=O) groups excluding carboxylic acids is 1. The zero-order chi connectivity index (χ0) is 12.1. The number of carbonyl (C=O) groups is 1. The van der Waals surface area contributed by atoms with Crippen LogP contribution in [0.2, 0.25) is 0 Å². The van der Waals surface area contributed by atoms with Gasteiger partial charge in [-0.05, 0) is 37.5 Å². The van der Waals surface area contributed by atoms with Crippen molar-refractivity contribution in [1.82, 2.24) is 0 Å². The van der Waals surface area contributed by atoms with E-state index in [1.54, 1.807) is 0 Å². The predicted molar refractivity (Wildman–Crippen MR) is 64.3 cm³/mol. The summed E-state index contributed by atoms with van der Waals surface area (Å²) in [5.74, 6) is -0.0701. The van der Waals surface area contributed by atoms with Crippen LogP contribution in [-0.2, 0) is 0 Å². The number of benzene rings is 1. The summed E-state index contributed by atoms with van der Waals surface area (Å²) in [7, 11) is 0. The molecule has 0 aromatic heterocycles. The lowest BCUT2D eigenvalue weighted by Gasteiger charge is -2.11. The van der Waals surface area contributed by atoms with Crippen LogP contribution in [0.1, 0.15) is 41.3 Å². The van der Waals surface area contributed by atoms with Crippen molar-refractivity contribution >= 4 is 5.78 Å². The van der Waals surface area contributed by atoms with E-state index in [9.17, 15) is 4.79 Å². The zero-order valence-electron chi connectivity index (χ0n) is 10.1. The molecular weight excluding hydrogens is 198 g/mol. The maximum atomic E-state index is 12.1. The Bertz CT molecular complexity index is 429. The molecule has 0 bridgehead atoms. The van der Waals surface area contributed by atoms with Crippen LogP contribution in [0.5, 0.6) is 0 Å². The first-order chi connectivity index (χ1) is 7.60. The number of hydrogen-bond acceptors (Lipinski definition) is 2. The molecule has 0 radical (unpaired) electrons. The van der Waals surface area contributed by atoms with Gasteiger partial charge in [0.2, 0.25) is 0 Å². The van der Waals surface area contributed by atoms with E-state index in [-0.39, 0.29) is 11.7 Å². The molecule has 2 nitrogen and oxygen atoms in total. The van der Waals surface area contributed by atoms with E-state index >= 15 is 0 Å². The Kier molecular flexibility index (Phi) is 4.25. The molecule has 0 aliphatic rings. The van der Waals surface area contributed by atoms with Gasteiger partial charge in [-0.1, -0.05) is 19.1 Å². The molecule has 0 aliphatic heterocycles. The molecule has 0 saturated heterocycles. The van der Waals surface area contributed by atoms with Crippen LogP contribution < -0.4 is 0 Å². The third-order valence-electron chi connectivity index (χ3n) is 2.99. The van der Waals surface area contributed by atoms with Gasteiger partial charge in [0.1, 0.15) is 0 Å². The van der Waals surface area contributed by atoms with E-state index in [4.69, 9.17) is 5.26 Å². The second kappa shape index (κ2) is 5.46. The molecule has 0 heterocycles. The quantitative estimate of drug-likeness (QED) is 0.722. The van der Waals surface area contributed by atoms with Crippen LogP contribution in [0, 0.1) is 31.1 Å². The first kappa shape index (κ1) is 12.4. The Morgan fingerprint density at radius 3 is 2.56 bits per heavy atom. The van der Waals surface area contributed by atoms with Crippen molar-refractivity contribution in [3.05, 3.63) is 34.9 Å². The summed E-state index contributed by atoms with van der Waals surface area (Å²) >= 11 is 0. The van der Waals surface area contributed by atoms with Gasteiger partial charge in [0.25, 0.3) is 0 Å². The van der Waals surface area contributed by atoms with Gasteiger partial charge in [0.15, 0.2) is 5.78 Å². The Morgan fingerprint density at radius 1 is 1.38 bits per heavy atom. The first-order valence-corrected chi connectivity index (χ1v) is 5.58. The van der Waals surface area contributed by atoms with Crippen molar-refractivity contribution in [2.75, 3.05) is 0 Å². The van der Waals surface area contributed by atoms with E-state index in [1.165, 1.54) is 5.56 Å². The predicted octanol–water partition coefficient (Wildman–Crippen LogP) is 3.43. The highest BCUT2D eigenvalue weighted by Gasteiger charge is 2.18. The number of nitriles is 1. The number of Topliss-reactive ketones (excluding diaryl/α,β-unsaturated/α-hetero) is 1. The topological polar surface area (TPSA) is 40.9 Å². The van der Waals surface area contributed by atoms with Crippen LogP contribution in [-0.4, -0.2) is 5.78 Å². The molecule has 16 heavy (non-hydrogen) atoms. The minimum absolute atomic E-state index is 0.0900. The number of rotatable bonds is 4. The molecule has 0 fully saturated rings. The van der Waals surface area contributed by atoms with Crippen LogP contribution >= 0.6 is 0 Å². The van der Waals surface area contributed by atoms with Crippen LogP contribution in [0.4, 0.5) is 0 Å². The van der Waals surface area contributed by atoms with Crippen LogP contribution in [0.25, 0.3) is 0 Å². The molecule has 84 valence electrons. The van der Waals surface area contributed by atoms with E-state index in [0.717, 1.165) is 17.5 Å². The summed E-state index contributed by atoms with van der Waals surface area (Å²) in [6, 6.07) is 7.80. The molecule has 1 rings (SSSR count). The summed E-state index contributed by atoms with van der Waals surface area (Å²) in [5, 5.41) is 8.66. The van der Waals surface area contributed by atoms with E-state index in [0.29, 0.717) is 6.42 Å². The smallest absolute Gasteiger partial charge is 0.166 e. The molecule has 1 atom stereocenters. The van der Waals surface area contributed by atoms with Gasteiger partial charge in [-0.3, -0.25) is 4.79 Å².